The van der Waals surface area contributed by atoms with Gasteiger partial charge in [-0.15, -0.1) is 0 Å². The summed E-state index contributed by atoms with van der Waals surface area (Å²) >= 11 is 6.03. The molecule has 144 valence electrons. The molecule has 1 aliphatic carbocycles. The van der Waals surface area contributed by atoms with E-state index in [-0.39, 0.29) is 11.3 Å². The van der Waals surface area contributed by atoms with Gasteiger partial charge in [0.15, 0.2) is 5.82 Å². The normalized spacial score (nSPS) is 15.1. The van der Waals surface area contributed by atoms with E-state index in [4.69, 9.17) is 11.6 Å². The Kier molecular flexibility index (Phi) is 5.18. The van der Waals surface area contributed by atoms with Crippen LogP contribution < -0.4 is 5.32 Å². The Labute approximate surface area is 169 Å². The predicted octanol–water partition coefficient (Wildman–Crippen LogP) is 4.33. The summed E-state index contributed by atoms with van der Waals surface area (Å²) in [7, 11) is 0. The van der Waals surface area contributed by atoms with Crippen molar-refractivity contribution in [1.29, 1.82) is 0 Å². The first-order valence-corrected chi connectivity index (χ1v) is 10.0. The van der Waals surface area contributed by atoms with Crippen LogP contribution in [0.1, 0.15) is 47.8 Å². The summed E-state index contributed by atoms with van der Waals surface area (Å²) in [6.45, 7) is 2.64. The van der Waals surface area contributed by atoms with Crippen molar-refractivity contribution in [2.75, 3.05) is 6.54 Å². The number of rotatable bonds is 6. The van der Waals surface area contributed by atoms with Crippen molar-refractivity contribution in [3.8, 4) is 5.82 Å². The second kappa shape index (κ2) is 7.76. The number of amides is 1. The summed E-state index contributed by atoms with van der Waals surface area (Å²) in [6.07, 6.45) is 7.38. The maximum Gasteiger partial charge on any atom is 0.254 e. The first kappa shape index (κ1) is 18.7. The standard InChI is InChI=1S/C22H23ClN4O/c1-2-19-18(14-26-27(19)20-6-3-4-13-24-20)21(28)25-15-22(11-5-12-22)16-7-9-17(23)10-8-16/h3-4,6-10,13-14H,2,5,11-12,15H2,1H3,(H,25,28). The van der Waals surface area contributed by atoms with Crippen LogP contribution in [0.25, 0.3) is 5.82 Å². The Hall–Kier alpha value is -2.66. The molecule has 4 rings (SSSR count). The van der Waals surface area contributed by atoms with Crippen LogP contribution >= 0.6 is 11.6 Å². The molecule has 1 aromatic carbocycles. The molecule has 1 amide bonds. The molecule has 1 aliphatic rings. The van der Waals surface area contributed by atoms with Gasteiger partial charge in [0.2, 0.25) is 0 Å². The molecule has 2 aromatic heterocycles. The smallest absolute Gasteiger partial charge is 0.254 e. The lowest BCUT2D eigenvalue weighted by Crippen LogP contribution is -2.45. The third kappa shape index (κ3) is 3.42. The van der Waals surface area contributed by atoms with E-state index in [1.54, 1.807) is 17.1 Å². The molecule has 0 saturated heterocycles. The number of benzene rings is 1. The highest BCUT2D eigenvalue weighted by Crippen LogP contribution is 2.43. The molecule has 1 saturated carbocycles. The van der Waals surface area contributed by atoms with Crippen molar-refractivity contribution < 1.29 is 4.79 Å². The molecule has 3 aromatic rings. The summed E-state index contributed by atoms with van der Waals surface area (Å²) in [5.41, 5.74) is 2.72. The number of hydrogen-bond donors (Lipinski definition) is 1. The van der Waals surface area contributed by atoms with Crippen LogP contribution in [0.3, 0.4) is 0 Å². The van der Waals surface area contributed by atoms with Crippen molar-refractivity contribution in [1.82, 2.24) is 20.1 Å². The van der Waals surface area contributed by atoms with Crippen molar-refractivity contribution >= 4 is 17.5 Å². The number of nitrogens with one attached hydrogen (secondary N) is 1. The molecule has 1 fully saturated rings. The lowest BCUT2D eigenvalue weighted by molar-refractivity contribution is 0.0927. The molecule has 2 heterocycles. The monoisotopic (exact) mass is 394 g/mol. The Morgan fingerprint density at radius 1 is 1.21 bits per heavy atom. The topological polar surface area (TPSA) is 59.8 Å². The van der Waals surface area contributed by atoms with Crippen LogP contribution in [0.5, 0.6) is 0 Å². The summed E-state index contributed by atoms with van der Waals surface area (Å²) < 4.78 is 1.74. The number of nitrogens with zero attached hydrogens (tertiary/aromatic N) is 3. The molecule has 1 N–H and O–H groups in total. The molecule has 0 bridgehead atoms. The number of aromatic nitrogens is 3. The van der Waals surface area contributed by atoms with E-state index < -0.39 is 0 Å². The minimum atomic E-state index is -0.0840. The van der Waals surface area contributed by atoms with Crippen LogP contribution in [0.2, 0.25) is 5.02 Å². The number of halogens is 1. The second-order valence-corrected chi connectivity index (χ2v) is 7.72. The Bertz CT molecular complexity index is 962. The largest absolute Gasteiger partial charge is 0.351 e. The van der Waals surface area contributed by atoms with Crippen molar-refractivity contribution in [3.63, 3.8) is 0 Å². The van der Waals surface area contributed by atoms with Gasteiger partial charge in [0, 0.05) is 23.2 Å². The molecule has 0 unspecified atom stereocenters. The average molecular weight is 395 g/mol. The SMILES string of the molecule is CCc1c(C(=O)NCC2(c3ccc(Cl)cc3)CCC2)cnn1-c1ccccn1. The van der Waals surface area contributed by atoms with Gasteiger partial charge in [0.25, 0.3) is 5.91 Å². The van der Waals surface area contributed by atoms with Crippen LogP contribution in [-0.4, -0.2) is 27.2 Å². The van der Waals surface area contributed by atoms with E-state index in [1.165, 1.54) is 12.0 Å². The lowest BCUT2D eigenvalue weighted by atomic mass is 9.64. The van der Waals surface area contributed by atoms with Crippen LogP contribution in [0.15, 0.2) is 54.9 Å². The van der Waals surface area contributed by atoms with Crippen LogP contribution in [-0.2, 0) is 11.8 Å². The van der Waals surface area contributed by atoms with E-state index in [1.807, 2.05) is 37.3 Å². The first-order chi connectivity index (χ1) is 13.6. The minimum Gasteiger partial charge on any atom is -0.351 e. The minimum absolute atomic E-state index is 0.00358. The highest BCUT2D eigenvalue weighted by molar-refractivity contribution is 6.30. The molecule has 0 atom stereocenters. The quantitative estimate of drug-likeness (QED) is 0.676. The van der Waals surface area contributed by atoms with Crippen LogP contribution in [0.4, 0.5) is 0 Å². The molecular formula is C22H23ClN4O. The third-order valence-corrected chi connectivity index (χ3v) is 5.92. The second-order valence-electron chi connectivity index (χ2n) is 7.28. The Morgan fingerprint density at radius 2 is 2.00 bits per heavy atom. The molecule has 0 spiro atoms. The Morgan fingerprint density at radius 3 is 2.61 bits per heavy atom. The zero-order valence-electron chi connectivity index (χ0n) is 15.9. The number of pyridine rings is 1. The summed E-state index contributed by atoms with van der Waals surface area (Å²) in [4.78, 5) is 17.3. The fourth-order valence-electron chi connectivity index (χ4n) is 3.90. The maximum absolute atomic E-state index is 12.9. The molecule has 0 radical (unpaired) electrons. The van der Waals surface area contributed by atoms with E-state index in [2.05, 4.69) is 27.5 Å². The van der Waals surface area contributed by atoms with Gasteiger partial charge in [0.1, 0.15) is 0 Å². The molecule has 0 aliphatic heterocycles. The van der Waals surface area contributed by atoms with Gasteiger partial charge >= 0.3 is 0 Å². The fraction of sp³-hybridized carbons (Fsp3) is 0.318. The molecule has 28 heavy (non-hydrogen) atoms. The van der Waals surface area contributed by atoms with Gasteiger partial charge in [-0.05, 0) is 49.1 Å². The highest BCUT2D eigenvalue weighted by atomic mass is 35.5. The van der Waals surface area contributed by atoms with Gasteiger partial charge in [-0.3, -0.25) is 4.79 Å². The fourth-order valence-corrected chi connectivity index (χ4v) is 4.03. The first-order valence-electron chi connectivity index (χ1n) is 9.65. The number of carbonyl (C=O) groups excluding carboxylic acids is 1. The molecule has 6 heteroatoms. The zero-order valence-corrected chi connectivity index (χ0v) is 16.6. The molecular weight excluding hydrogens is 372 g/mol. The molecule has 5 nitrogen and oxygen atoms in total. The van der Waals surface area contributed by atoms with Crippen molar-refractivity contribution in [2.45, 2.75) is 38.0 Å². The number of carbonyl (C=O) groups is 1. The van der Waals surface area contributed by atoms with Gasteiger partial charge < -0.3 is 5.32 Å². The Balaban J connectivity index is 1.53. The van der Waals surface area contributed by atoms with Crippen LogP contribution in [0, 0.1) is 0 Å². The summed E-state index contributed by atoms with van der Waals surface area (Å²) in [5.74, 6) is 0.634. The maximum atomic E-state index is 12.9. The number of hydrogen-bond acceptors (Lipinski definition) is 3. The van der Waals surface area contributed by atoms with Gasteiger partial charge in [0.05, 0.1) is 17.5 Å². The zero-order chi connectivity index (χ0) is 19.6. The van der Waals surface area contributed by atoms with Crippen molar-refractivity contribution in [2.24, 2.45) is 0 Å². The average Bonchev–Trinajstić information content (AvgIpc) is 3.13. The summed E-state index contributed by atoms with van der Waals surface area (Å²) in [5, 5.41) is 8.29. The third-order valence-electron chi connectivity index (χ3n) is 5.67. The van der Waals surface area contributed by atoms with Gasteiger partial charge in [-0.2, -0.15) is 5.10 Å². The van der Waals surface area contributed by atoms with E-state index >= 15 is 0 Å². The van der Waals surface area contributed by atoms with Gasteiger partial charge in [-0.25, -0.2) is 9.67 Å². The predicted molar refractivity (Wildman–Crippen MR) is 110 cm³/mol. The lowest BCUT2D eigenvalue weighted by Gasteiger charge is -2.42. The highest BCUT2D eigenvalue weighted by Gasteiger charge is 2.39. The van der Waals surface area contributed by atoms with E-state index in [0.717, 1.165) is 29.4 Å². The van der Waals surface area contributed by atoms with E-state index in [0.29, 0.717) is 18.5 Å². The summed E-state index contributed by atoms with van der Waals surface area (Å²) in [6, 6.07) is 13.7. The van der Waals surface area contributed by atoms with Crippen molar-refractivity contribution in [3.05, 3.63) is 76.7 Å². The van der Waals surface area contributed by atoms with Gasteiger partial charge in [-0.1, -0.05) is 43.1 Å². The van der Waals surface area contributed by atoms with E-state index in [9.17, 15) is 4.79 Å².